The largest absolute Gasteiger partial charge is 0.459 e. The number of ether oxygens (including phenoxy) is 8. The van der Waals surface area contributed by atoms with Gasteiger partial charge >= 0.3 is 29.8 Å². The van der Waals surface area contributed by atoms with Crippen molar-refractivity contribution in [2.75, 3.05) is 13.2 Å². The molecule has 0 aromatic carbocycles. The molecule has 0 bridgehead atoms. The summed E-state index contributed by atoms with van der Waals surface area (Å²) in [4.78, 5) is 74.3. The lowest BCUT2D eigenvalue weighted by Crippen LogP contribution is -2.66. The van der Waals surface area contributed by atoms with Crippen molar-refractivity contribution in [3.8, 4) is 0 Å². The van der Waals surface area contributed by atoms with Crippen LogP contribution in [0.4, 0.5) is 0 Å². The molecule has 2 fully saturated rings. The number of aliphatic hydroxyl groups excluding tert-OH is 4. The van der Waals surface area contributed by atoms with Crippen LogP contribution in [0, 0.1) is 53.3 Å². The fourth-order valence-electron chi connectivity index (χ4n) is 23.5. The Bertz CT molecular complexity index is 3220. The van der Waals surface area contributed by atoms with Gasteiger partial charge in [-0.05, 0) is 107 Å². The number of esters is 5. The highest BCUT2D eigenvalue weighted by Gasteiger charge is 2.56. The molecule has 2 rings (SSSR count). The molecule has 2 aliphatic heterocycles. The first-order valence-corrected chi connectivity index (χ1v) is 65.3. The molecule has 0 amide bonds. The lowest BCUT2D eigenvalue weighted by atomic mass is 9.85. The quantitative estimate of drug-likeness (QED) is 0.0192. The van der Waals surface area contributed by atoms with Gasteiger partial charge in [0, 0.05) is 23.1 Å². The van der Waals surface area contributed by atoms with Crippen molar-refractivity contribution in [1.29, 1.82) is 0 Å². The molecule has 4 N–H and O–H groups in total. The molecule has 0 aromatic rings. The van der Waals surface area contributed by atoms with E-state index in [1.165, 1.54) is 405 Å². The van der Waals surface area contributed by atoms with Crippen molar-refractivity contribution in [1.82, 2.24) is 0 Å². The summed E-state index contributed by atoms with van der Waals surface area (Å²) in [5.74, 6) is -4.06. The molecule has 2 aliphatic rings. The molecular weight excluding hydrogens is 1870 g/mol. The first-order valence-electron chi connectivity index (χ1n) is 65.3. The summed E-state index contributed by atoms with van der Waals surface area (Å²) >= 11 is 0. The van der Waals surface area contributed by atoms with Crippen LogP contribution < -0.4 is 0 Å². The monoisotopic (exact) mass is 2120 g/mol. The maximum absolute atomic E-state index is 15.2. The van der Waals surface area contributed by atoms with Gasteiger partial charge in [-0.15, -0.1) is 0 Å². The van der Waals surface area contributed by atoms with Gasteiger partial charge in [0.1, 0.15) is 31.0 Å². The fraction of sp³-hybridized carbons (Fsp3) is 0.917. The zero-order valence-corrected chi connectivity index (χ0v) is 101. The molecule has 2 heterocycles. The molecule has 20 atom stereocenters. The van der Waals surface area contributed by atoms with E-state index in [-0.39, 0.29) is 47.2 Å². The van der Waals surface area contributed by atoms with Gasteiger partial charge in [0.25, 0.3) is 0 Å². The predicted octanol–water partition coefficient (Wildman–Crippen LogP) is 37.8. The van der Waals surface area contributed by atoms with Crippen LogP contribution in [0.25, 0.3) is 0 Å². The minimum atomic E-state index is -1.94. The Hall–Kier alpha value is -3.71. The van der Waals surface area contributed by atoms with Crippen molar-refractivity contribution in [2.24, 2.45) is 53.3 Å². The number of carbonyl (C=O) groups is 5. The lowest BCUT2D eigenvalue weighted by molar-refractivity contribution is -0.377. The van der Waals surface area contributed by atoms with E-state index in [1.54, 1.807) is 27.7 Å². The third-order valence-corrected chi connectivity index (χ3v) is 33.1. The number of rotatable bonds is 105. The molecule has 0 saturated carbocycles. The highest BCUT2D eigenvalue weighted by molar-refractivity contribution is 5.89. The van der Waals surface area contributed by atoms with Crippen molar-refractivity contribution in [3.05, 3.63) is 34.9 Å². The summed E-state index contributed by atoms with van der Waals surface area (Å²) in [6.45, 7) is 33.7. The first kappa shape index (κ1) is 142. The number of allylic oxidation sites excluding steroid dienone is 3. The number of hydrogen-bond donors (Lipinski definition) is 4. The summed E-state index contributed by atoms with van der Waals surface area (Å²) in [6, 6.07) is 0. The third kappa shape index (κ3) is 74.6. The van der Waals surface area contributed by atoms with Crippen LogP contribution in [0.3, 0.4) is 0 Å². The van der Waals surface area contributed by atoms with E-state index >= 15 is 9.59 Å². The maximum Gasteiger partial charge on any atom is 0.333 e. The van der Waals surface area contributed by atoms with Crippen molar-refractivity contribution in [3.63, 3.8) is 0 Å². The summed E-state index contributed by atoms with van der Waals surface area (Å²) < 4.78 is 52.2. The molecule has 0 radical (unpaired) electrons. The molecular formula is C133H248O17. The molecule has 17 heteroatoms. The van der Waals surface area contributed by atoms with Crippen molar-refractivity contribution < 1.29 is 82.3 Å². The van der Waals surface area contributed by atoms with Crippen LogP contribution in [0.5, 0.6) is 0 Å². The highest BCUT2D eigenvalue weighted by atomic mass is 16.8. The average molecular weight is 2120 g/mol. The van der Waals surface area contributed by atoms with Gasteiger partial charge in [0.05, 0.1) is 18.6 Å². The standard InChI is InChI=1S/C133H248O17/c1-18-23-28-33-38-43-48-53-57-59-61-65-69-74-77-82-87-92-106(6)97-110(10)101-114(14)128(139)143-105-119-122(137)125(148-131(142)117(17)121(136)113(13)100-109(9)95-90-85-80-75-70-66-60-58-54-49-44-39-34-29-24-19-2)127(146-120(135)96-91-86-81-76-71-62-52-47-42-37-32-27-22-5)133(145-119)150-132-126(149-130(141)116(16)103-112(12)99-108(8)94-89-84-79-73-68-64-56-51-46-41-36-31-26-21-4)123(138)124(118(104-134)144-132)147-129(140)115(15)102-111(11)98-107(7)93-88-83-78-72-67-63-55-50-45-40-35-30-25-20-3/h101-103,106-113,117-119,121-127,132-134,136-138H,18-100,104-105H2,1-17H3/b114-101+,115-102+,116-103+/t106-,107-,108-,109-,110-,111-,112-,113-,117-,118?,119?,121-,122+,123?,124+,125?,126-,127+,132+,133+/m0/s1. The topological polar surface area (TPSA) is 240 Å². The molecule has 17 nitrogen and oxygen atoms in total. The van der Waals surface area contributed by atoms with Crippen LogP contribution in [-0.4, -0.2) is 131 Å². The molecule has 0 aliphatic carbocycles. The number of aliphatic hydroxyl groups is 4. The van der Waals surface area contributed by atoms with E-state index in [9.17, 15) is 34.8 Å². The van der Waals surface area contributed by atoms with E-state index in [2.05, 4.69) is 83.1 Å². The van der Waals surface area contributed by atoms with Crippen LogP contribution in [0.1, 0.15) is 651 Å². The van der Waals surface area contributed by atoms with Gasteiger partial charge < -0.3 is 58.3 Å². The smallest absolute Gasteiger partial charge is 0.333 e. The zero-order valence-electron chi connectivity index (χ0n) is 101. The molecule has 0 spiro atoms. The minimum Gasteiger partial charge on any atom is -0.459 e. The molecule has 882 valence electrons. The summed E-state index contributed by atoms with van der Waals surface area (Å²) in [7, 11) is 0. The second kappa shape index (κ2) is 97.3. The SMILES string of the molecule is CCCCCCCCCCCCCCCCCCC[C@H](C)C[C@H](C)/C=C(\C)C(=O)OCC1O[C@H](O[C@H]2OC(CO)[C@@H](OC(=O)/C(C)=C/[C@@H](C)C[C@@H](C)CCCCCCCCCCCCCCCC)C(O)[C@@H]2OC(=O)/C(C)=C/[C@@H](C)C[C@@H](C)CCCCCCCCCCCCCCCC)[C@H](OC(=O)CCCCCCCCCCCCCCC)C(OC(=O)[C@@H](C)[C@@H](O)[C@@H](C)C[C@@H](C)CCCCCCCCCCCCCCCCCC)[C@@H]1O. The average Bonchev–Trinajstić information content (AvgIpc) is 0.768. The normalized spacial score (nSPS) is 20.4. The Morgan fingerprint density at radius 1 is 0.280 bits per heavy atom. The van der Waals surface area contributed by atoms with E-state index < -0.39 is 116 Å². The first-order chi connectivity index (χ1) is 72.7. The Labute approximate surface area is 926 Å². The van der Waals surface area contributed by atoms with E-state index in [1.807, 2.05) is 25.2 Å². The van der Waals surface area contributed by atoms with Crippen LogP contribution in [0.2, 0.25) is 0 Å². The van der Waals surface area contributed by atoms with E-state index in [0.717, 1.165) is 109 Å². The zero-order chi connectivity index (χ0) is 110. The number of unbranched alkanes of at least 4 members (excludes halogenated alkanes) is 69. The Morgan fingerprint density at radius 3 is 0.813 bits per heavy atom. The maximum atomic E-state index is 15.2. The van der Waals surface area contributed by atoms with E-state index in [0.29, 0.717) is 36.2 Å². The van der Waals surface area contributed by atoms with Gasteiger partial charge in [-0.25, -0.2) is 14.4 Å². The second-order valence-corrected chi connectivity index (χ2v) is 49.0. The molecule has 150 heavy (non-hydrogen) atoms. The van der Waals surface area contributed by atoms with Gasteiger partial charge in [-0.1, -0.05) is 603 Å². The summed E-state index contributed by atoms with van der Waals surface area (Å²) in [6.07, 6.45) is 87.6. The molecule has 2 saturated heterocycles. The summed E-state index contributed by atoms with van der Waals surface area (Å²) in [5.41, 5.74) is 0.862. The Morgan fingerprint density at radius 2 is 0.527 bits per heavy atom. The Kier molecular flexibility index (Phi) is 92.4. The van der Waals surface area contributed by atoms with Crippen molar-refractivity contribution in [2.45, 2.75) is 718 Å². The molecule has 0 aromatic heterocycles. The predicted molar refractivity (Wildman–Crippen MR) is 629 cm³/mol. The Balaban J connectivity index is 2.70. The highest BCUT2D eigenvalue weighted by Crippen LogP contribution is 2.38. The van der Waals surface area contributed by atoms with Gasteiger partial charge in [-0.2, -0.15) is 0 Å². The van der Waals surface area contributed by atoms with Gasteiger partial charge in [0.15, 0.2) is 24.4 Å². The number of hydrogen-bond acceptors (Lipinski definition) is 17. The summed E-state index contributed by atoms with van der Waals surface area (Å²) in [5, 5.41) is 49.9. The second-order valence-electron chi connectivity index (χ2n) is 49.0. The number of carbonyl (C=O) groups excluding carboxylic acids is 5. The van der Waals surface area contributed by atoms with Crippen LogP contribution >= 0.6 is 0 Å². The van der Waals surface area contributed by atoms with Crippen LogP contribution in [-0.2, 0) is 61.9 Å². The minimum absolute atomic E-state index is 0.0121. The fourth-order valence-corrected chi connectivity index (χ4v) is 23.5. The van der Waals surface area contributed by atoms with E-state index in [4.69, 9.17) is 37.9 Å². The lowest BCUT2D eigenvalue weighted by Gasteiger charge is -2.47. The molecule has 4 unspecified atom stereocenters. The third-order valence-electron chi connectivity index (χ3n) is 33.1. The van der Waals surface area contributed by atoms with Gasteiger partial charge in [-0.3, -0.25) is 9.59 Å². The van der Waals surface area contributed by atoms with Crippen LogP contribution in [0.15, 0.2) is 34.9 Å². The van der Waals surface area contributed by atoms with Crippen molar-refractivity contribution >= 4 is 29.8 Å². The van der Waals surface area contributed by atoms with Gasteiger partial charge in [0.2, 0.25) is 12.6 Å².